The first-order chi connectivity index (χ1) is 7.72. The molecule has 0 aromatic heterocycles. The van der Waals surface area contributed by atoms with Gasteiger partial charge < -0.3 is 11.5 Å². The maximum absolute atomic E-state index is 6.20. The molecule has 0 saturated carbocycles. The van der Waals surface area contributed by atoms with Crippen molar-refractivity contribution < 1.29 is 0 Å². The number of nitrogens with two attached hydrogens (primary N) is 2. The van der Waals surface area contributed by atoms with E-state index in [1.165, 1.54) is 12.0 Å². The first-order valence-corrected chi connectivity index (χ1v) is 6.07. The number of likely N-dealkylation sites (tertiary alicyclic amines) is 1. The summed E-state index contributed by atoms with van der Waals surface area (Å²) in [5.74, 6) is 0. The van der Waals surface area contributed by atoms with Crippen molar-refractivity contribution in [1.82, 2.24) is 4.90 Å². The van der Waals surface area contributed by atoms with Gasteiger partial charge in [-0.1, -0.05) is 19.1 Å². The molecule has 0 bridgehead atoms. The van der Waals surface area contributed by atoms with Crippen LogP contribution in [-0.2, 0) is 0 Å². The lowest BCUT2D eigenvalue weighted by atomic mass is 10.0. The molecule has 0 radical (unpaired) electrons. The Kier molecular flexibility index (Phi) is 3.46. The minimum atomic E-state index is 0.244. The van der Waals surface area contributed by atoms with Crippen molar-refractivity contribution in [2.75, 3.05) is 18.8 Å². The Morgan fingerprint density at radius 3 is 2.94 bits per heavy atom. The summed E-state index contributed by atoms with van der Waals surface area (Å²) in [5.41, 5.74) is 14.1. The van der Waals surface area contributed by atoms with E-state index in [1.807, 2.05) is 12.1 Å². The predicted octanol–water partition coefficient (Wildman–Crippen LogP) is 1.75. The molecule has 2 rings (SSSR count). The SMILES string of the molecule is CCCN1CCC(N)C1c1cccc(N)c1. The average Bonchev–Trinajstić information content (AvgIpc) is 2.60. The van der Waals surface area contributed by atoms with Crippen LogP contribution < -0.4 is 11.5 Å². The van der Waals surface area contributed by atoms with Crippen molar-refractivity contribution in [2.24, 2.45) is 5.73 Å². The molecule has 88 valence electrons. The standard InChI is InChI=1S/C13H21N3/c1-2-7-16-8-6-12(15)13(16)10-4-3-5-11(14)9-10/h3-5,9,12-13H,2,6-8,14-15H2,1H3. The van der Waals surface area contributed by atoms with Gasteiger partial charge in [-0.15, -0.1) is 0 Å². The van der Waals surface area contributed by atoms with Gasteiger partial charge in [0, 0.05) is 24.3 Å². The summed E-state index contributed by atoms with van der Waals surface area (Å²) in [4.78, 5) is 2.47. The van der Waals surface area contributed by atoms with Gasteiger partial charge in [-0.3, -0.25) is 4.90 Å². The Hall–Kier alpha value is -1.06. The van der Waals surface area contributed by atoms with E-state index in [0.29, 0.717) is 6.04 Å². The normalized spacial score (nSPS) is 26.1. The van der Waals surface area contributed by atoms with Gasteiger partial charge in [0.25, 0.3) is 0 Å². The molecular weight excluding hydrogens is 198 g/mol. The summed E-state index contributed by atoms with van der Waals surface area (Å²) < 4.78 is 0. The smallest absolute Gasteiger partial charge is 0.0500 e. The highest BCUT2D eigenvalue weighted by molar-refractivity contribution is 5.42. The van der Waals surface area contributed by atoms with Crippen molar-refractivity contribution in [2.45, 2.75) is 31.8 Å². The number of hydrogen-bond donors (Lipinski definition) is 2. The van der Waals surface area contributed by atoms with Gasteiger partial charge in [-0.2, -0.15) is 0 Å². The second-order valence-electron chi connectivity index (χ2n) is 4.60. The molecule has 0 amide bonds. The minimum Gasteiger partial charge on any atom is -0.399 e. The minimum absolute atomic E-state index is 0.244. The molecule has 1 heterocycles. The molecule has 1 fully saturated rings. The van der Waals surface area contributed by atoms with Crippen LogP contribution in [0.15, 0.2) is 24.3 Å². The molecule has 2 unspecified atom stereocenters. The van der Waals surface area contributed by atoms with Crippen molar-refractivity contribution in [3.63, 3.8) is 0 Å². The average molecular weight is 219 g/mol. The van der Waals surface area contributed by atoms with Gasteiger partial charge in [0.1, 0.15) is 0 Å². The highest BCUT2D eigenvalue weighted by Gasteiger charge is 2.32. The molecule has 1 aliphatic rings. The number of hydrogen-bond acceptors (Lipinski definition) is 3. The monoisotopic (exact) mass is 219 g/mol. The molecule has 3 heteroatoms. The zero-order valence-electron chi connectivity index (χ0n) is 9.89. The van der Waals surface area contributed by atoms with Crippen LogP contribution >= 0.6 is 0 Å². The fraction of sp³-hybridized carbons (Fsp3) is 0.538. The third kappa shape index (κ3) is 2.20. The zero-order valence-corrected chi connectivity index (χ0v) is 9.89. The number of benzene rings is 1. The van der Waals surface area contributed by atoms with E-state index in [-0.39, 0.29) is 6.04 Å². The molecule has 1 saturated heterocycles. The van der Waals surface area contributed by atoms with Gasteiger partial charge in [-0.25, -0.2) is 0 Å². The maximum Gasteiger partial charge on any atom is 0.0500 e. The van der Waals surface area contributed by atoms with Gasteiger partial charge in [0.15, 0.2) is 0 Å². The maximum atomic E-state index is 6.20. The second-order valence-corrected chi connectivity index (χ2v) is 4.60. The molecule has 4 N–H and O–H groups in total. The zero-order chi connectivity index (χ0) is 11.5. The summed E-state index contributed by atoms with van der Waals surface area (Å²) in [6.07, 6.45) is 2.25. The first-order valence-electron chi connectivity index (χ1n) is 6.07. The second kappa shape index (κ2) is 4.85. The summed E-state index contributed by atoms with van der Waals surface area (Å²) in [6.45, 7) is 4.43. The number of nitrogen functional groups attached to an aromatic ring is 1. The molecule has 16 heavy (non-hydrogen) atoms. The lowest BCUT2D eigenvalue weighted by molar-refractivity contribution is 0.248. The quantitative estimate of drug-likeness (QED) is 0.762. The lowest BCUT2D eigenvalue weighted by Gasteiger charge is -2.26. The van der Waals surface area contributed by atoms with Crippen LogP contribution in [0.2, 0.25) is 0 Å². The Balaban J connectivity index is 2.22. The van der Waals surface area contributed by atoms with Crippen molar-refractivity contribution in [1.29, 1.82) is 0 Å². The molecule has 0 aliphatic carbocycles. The molecule has 1 aromatic carbocycles. The van der Waals surface area contributed by atoms with E-state index in [4.69, 9.17) is 11.5 Å². The van der Waals surface area contributed by atoms with E-state index in [9.17, 15) is 0 Å². The highest BCUT2D eigenvalue weighted by Crippen LogP contribution is 2.31. The summed E-state index contributed by atoms with van der Waals surface area (Å²) >= 11 is 0. The van der Waals surface area contributed by atoms with Crippen LogP contribution in [0.1, 0.15) is 31.4 Å². The van der Waals surface area contributed by atoms with E-state index >= 15 is 0 Å². The van der Waals surface area contributed by atoms with Crippen LogP contribution in [0.5, 0.6) is 0 Å². The van der Waals surface area contributed by atoms with Crippen LogP contribution in [0.25, 0.3) is 0 Å². The van der Waals surface area contributed by atoms with Crippen molar-refractivity contribution in [3.05, 3.63) is 29.8 Å². The molecule has 2 atom stereocenters. The molecule has 1 aliphatic heterocycles. The Labute approximate surface area is 97.4 Å². The number of anilines is 1. The van der Waals surface area contributed by atoms with Crippen LogP contribution in [0, 0.1) is 0 Å². The lowest BCUT2D eigenvalue weighted by Crippen LogP contribution is -2.32. The van der Waals surface area contributed by atoms with E-state index < -0.39 is 0 Å². The third-order valence-corrected chi connectivity index (χ3v) is 3.31. The largest absolute Gasteiger partial charge is 0.399 e. The topological polar surface area (TPSA) is 55.3 Å². The summed E-state index contributed by atoms with van der Waals surface area (Å²) in [5, 5.41) is 0. The fourth-order valence-electron chi connectivity index (χ4n) is 2.62. The third-order valence-electron chi connectivity index (χ3n) is 3.31. The molecular formula is C13H21N3. The predicted molar refractivity (Wildman–Crippen MR) is 68.1 cm³/mol. The first kappa shape index (κ1) is 11.4. The van der Waals surface area contributed by atoms with Crippen molar-refractivity contribution >= 4 is 5.69 Å². The summed E-state index contributed by atoms with van der Waals surface area (Å²) in [6, 6.07) is 8.72. The van der Waals surface area contributed by atoms with Gasteiger partial charge >= 0.3 is 0 Å². The Morgan fingerprint density at radius 1 is 1.44 bits per heavy atom. The fourth-order valence-corrected chi connectivity index (χ4v) is 2.62. The number of rotatable bonds is 3. The van der Waals surface area contributed by atoms with Crippen molar-refractivity contribution in [3.8, 4) is 0 Å². The van der Waals surface area contributed by atoms with Crippen LogP contribution in [0.4, 0.5) is 5.69 Å². The van der Waals surface area contributed by atoms with Crippen LogP contribution in [-0.4, -0.2) is 24.0 Å². The van der Waals surface area contributed by atoms with E-state index in [0.717, 1.165) is 25.2 Å². The Morgan fingerprint density at radius 2 is 2.25 bits per heavy atom. The summed E-state index contributed by atoms with van der Waals surface area (Å²) in [7, 11) is 0. The number of nitrogens with zero attached hydrogens (tertiary/aromatic N) is 1. The molecule has 3 nitrogen and oxygen atoms in total. The van der Waals surface area contributed by atoms with Gasteiger partial charge in [0.05, 0.1) is 0 Å². The van der Waals surface area contributed by atoms with E-state index in [1.54, 1.807) is 0 Å². The van der Waals surface area contributed by atoms with Gasteiger partial charge in [0.2, 0.25) is 0 Å². The molecule has 1 aromatic rings. The molecule has 0 spiro atoms. The van der Waals surface area contributed by atoms with E-state index in [2.05, 4.69) is 24.0 Å². The van der Waals surface area contributed by atoms with Crippen LogP contribution in [0.3, 0.4) is 0 Å². The van der Waals surface area contributed by atoms with Gasteiger partial charge in [-0.05, 0) is 37.1 Å². The highest BCUT2D eigenvalue weighted by atomic mass is 15.2. The Bertz CT molecular complexity index is 349.